The van der Waals surface area contributed by atoms with E-state index in [4.69, 9.17) is 14.6 Å². The standard InChI is InChI=1S/C15H18O5/c16-13(6-7-14(17)18)8-11-9-19-15(20-10-11)12-4-2-1-3-5-12/h1-5,11,15H,6-10H2,(H,17,18). The fourth-order valence-electron chi connectivity index (χ4n) is 2.13. The first-order valence-corrected chi connectivity index (χ1v) is 6.67. The Hall–Kier alpha value is -1.72. The van der Waals surface area contributed by atoms with E-state index in [0.717, 1.165) is 5.56 Å². The molecule has 0 amide bonds. The van der Waals surface area contributed by atoms with Gasteiger partial charge in [-0.25, -0.2) is 0 Å². The molecule has 1 aromatic rings. The first-order valence-electron chi connectivity index (χ1n) is 6.67. The Morgan fingerprint density at radius 2 is 1.75 bits per heavy atom. The van der Waals surface area contributed by atoms with Gasteiger partial charge in [-0.15, -0.1) is 0 Å². The van der Waals surface area contributed by atoms with Gasteiger partial charge in [0.05, 0.1) is 19.6 Å². The van der Waals surface area contributed by atoms with Crippen molar-refractivity contribution in [3.63, 3.8) is 0 Å². The second-order valence-corrected chi connectivity index (χ2v) is 4.91. The monoisotopic (exact) mass is 278 g/mol. The van der Waals surface area contributed by atoms with E-state index in [1.54, 1.807) is 0 Å². The third-order valence-corrected chi connectivity index (χ3v) is 3.17. The Morgan fingerprint density at radius 1 is 1.10 bits per heavy atom. The maximum absolute atomic E-state index is 11.6. The molecule has 0 aromatic heterocycles. The minimum absolute atomic E-state index is 0.0104. The Balaban J connectivity index is 1.74. The summed E-state index contributed by atoms with van der Waals surface area (Å²) in [6, 6.07) is 9.63. The Kier molecular flexibility index (Phi) is 5.26. The van der Waals surface area contributed by atoms with Crippen molar-refractivity contribution in [2.24, 2.45) is 5.92 Å². The maximum Gasteiger partial charge on any atom is 0.303 e. The van der Waals surface area contributed by atoms with E-state index < -0.39 is 5.97 Å². The minimum atomic E-state index is -0.946. The fraction of sp³-hybridized carbons (Fsp3) is 0.467. The summed E-state index contributed by atoms with van der Waals surface area (Å²) in [5.74, 6) is -0.988. The van der Waals surface area contributed by atoms with Crippen LogP contribution in [0, 0.1) is 5.92 Å². The molecule has 0 atom stereocenters. The lowest BCUT2D eigenvalue weighted by molar-refractivity contribution is -0.206. The highest BCUT2D eigenvalue weighted by Gasteiger charge is 2.25. The van der Waals surface area contributed by atoms with Gasteiger partial charge in [0.2, 0.25) is 0 Å². The molecular weight excluding hydrogens is 260 g/mol. The zero-order valence-corrected chi connectivity index (χ0v) is 11.2. The molecule has 0 radical (unpaired) electrons. The van der Waals surface area contributed by atoms with Gasteiger partial charge < -0.3 is 14.6 Å². The lowest BCUT2D eigenvalue weighted by Gasteiger charge is -2.29. The van der Waals surface area contributed by atoms with E-state index >= 15 is 0 Å². The number of carbonyl (C=O) groups excluding carboxylic acids is 1. The molecule has 20 heavy (non-hydrogen) atoms. The molecule has 5 nitrogen and oxygen atoms in total. The molecule has 1 aliphatic heterocycles. The normalized spacial score (nSPS) is 22.4. The third kappa shape index (κ3) is 4.43. The predicted octanol–water partition coefficient (Wildman–Crippen LogP) is 2.17. The fourth-order valence-corrected chi connectivity index (χ4v) is 2.13. The molecule has 1 fully saturated rings. The molecule has 0 unspecified atom stereocenters. The van der Waals surface area contributed by atoms with Crippen LogP contribution in [0.25, 0.3) is 0 Å². The zero-order valence-electron chi connectivity index (χ0n) is 11.2. The highest BCUT2D eigenvalue weighted by Crippen LogP contribution is 2.26. The maximum atomic E-state index is 11.6. The van der Waals surface area contributed by atoms with Gasteiger partial charge in [0, 0.05) is 24.3 Å². The smallest absolute Gasteiger partial charge is 0.303 e. The van der Waals surface area contributed by atoms with Crippen LogP contribution in [0.2, 0.25) is 0 Å². The molecule has 0 bridgehead atoms. The van der Waals surface area contributed by atoms with Crippen molar-refractivity contribution in [3.8, 4) is 0 Å². The number of carboxylic acids is 1. The first kappa shape index (κ1) is 14.7. The Bertz CT molecular complexity index is 449. The number of hydrogen-bond donors (Lipinski definition) is 1. The van der Waals surface area contributed by atoms with E-state index in [9.17, 15) is 9.59 Å². The second-order valence-electron chi connectivity index (χ2n) is 4.91. The van der Waals surface area contributed by atoms with Crippen LogP contribution < -0.4 is 0 Å². The number of aliphatic carboxylic acids is 1. The molecule has 0 saturated carbocycles. The van der Waals surface area contributed by atoms with Crippen LogP contribution >= 0.6 is 0 Å². The van der Waals surface area contributed by atoms with Gasteiger partial charge in [-0.05, 0) is 0 Å². The summed E-state index contributed by atoms with van der Waals surface area (Å²) < 4.78 is 11.2. The summed E-state index contributed by atoms with van der Waals surface area (Å²) in [6.45, 7) is 0.913. The second kappa shape index (κ2) is 7.17. The molecule has 0 aliphatic carbocycles. The molecule has 2 rings (SSSR count). The van der Waals surface area contributed by atoms with Crippen LogP contribution in [0.4, 0.5) is 0 Å². The van der Waals surface area contributed by atoms with Crippen molar-refractivity contribution >= 4 is 11.8 Å². The number of Topliss-reactive ketones (excluding diaryl/α,β-unsaturated/α-hetero) is 1. The van der Waals surface area contributed by atoms with E-state index in [0.29, 0.717) is 19.6 Å². The van der Waals surface area contributed by atoms with Gasteiger partial charge in [0.15, 0.2) is 6.29 Å². The van der Waals surface area contributed by atoms with Gasteiger partial charge in [0.25, 0.3) is 0 Å². The third-order valence-electron chi connectivity index (χ3n) is 3.17. The van der Waals surface area contributed by atoms with Crippen molar-refractivity contribution in [2.45, 2.75) is 25.6 Å². The molecular formula is C15H18O5. The molecule has 1 N–H and O–H groups in total. The number of benzene rings is 1. The van der Waals surface area contributed by atoms with Crippen molar-refractivity contribution in [3.05, 3.63) is 35.9 Å². The molecule has 1 saturated heterocycles. The molecule has 1 heterocycles. The number of ketones is 1. The molecule has 1 aliphatic rings. The summed E-state index contributed by atoms with van der Waals surface area (Å²) in [7, 11) is 0. The predicted molar refractivity (Wildman–Crippen MR) is 71.1 cm³/mol. The molecule has 0 spiro atoms. The lowest BCUT2D eigenvalue weighted by atomic mass is 10.0. The van der Waals surface area contributed by atoms with Crippen molar-refractivity contribution < 1.29 is 24.2 Å². The van der Waals surface area contributed by atoms with Gasteiger partial charge in [0.1, 0.15) is 5.78 Å². The van der Waals surface area contributed by atoms with Crippen molar-refractivity contribution in [1.29, 1.82) is 0 Å². The van der Waals surface area contributed by atoms with Crippen LogP contribution in [-0.4, -0.2) is 30.1 Å². The van der Waals surface area contributed by atoms with Gasteiger partial charge in [-0.2, -0.15) is 0 Å². The number of hydrogen-bond acceptors (Lipinski definition) is 4. The quantitative estimate of drug-likeness (QED) is 0.863. The van der Waals surface area contributed by atoms with Gasteiger partial charge >= 0.3 is 5.97 Å². The minimum Gasteiger partial charge on any atom is -0.481 e. The number of rotatable bonds is 6. The largest absolute Gasteiger partial charge is 0.481 e. The van der Waals surface area contributed by atoms with Gasteiger partial charge in [-0.1, -0.05) is 30.3 Å². The SMILES string of the molecule is O=C(O)CCC(=O)CC1COC(c2ccccc2)OC1. The first-order chi connectivity index (χ1) is 9.65. The van der Waals surface area contributed by atoms with E-state index in [1.165, 1.54) is 0 Å². The van der Waals surface area contributed by atoms with Gasteiger partial charge in [-0.3, -0.25) is 9.59 Å². The average molecular weight is 278 g/mol. The highest BCUT2D eigenvalue weighted by molar-refractivity contribution is 5.82. The zero-order chi connectivity index (χ0) is 14.4. The van der Waals surface area contributed by atoms with Crippen LogP contribution in [0.1, 0.15) is 31.1 Å². The number of ether oxygens (including phenoxy) is 2. The molecule has 1 aromatic carbocycles. The summed E-state index contributed by atoms with van der Waals surface area (Å²) in [4.78, 5) is 22.0. The topological polar surface area (TPSA) is 72.8 Å². The lowest BCUT2D eigenvalue weighted by Crippen LogP contribution is -2.28. The van der Waals surface area contributed by atoms with Crippen LogP contribution in [0.5, 0.6) is 0 Å². The van der Waals surface area contributed by atoms with Crippen LogP contribution in [-0.2, 0) is 19.1 Å². The molecule has 5 heteroatoms. The van der Waals surface area contributed by atoms with E-state index in [1.807, 2.05) is 30.3 Å². The molecule has 108 valence electrons. The van der Waals surface area contributed by atoms with Crippen molar-refractivity contribution in [1.82, 2.24) is 0 Å². The summed E-state index contributed by atoms with van der Waals surface area (Å²) >= 11 is 0. The van der Waals surface area contributed by atoms with Crippen LogP contribution in [0.3, 0.4) is 0 Å². The van der Waals surface area contributed by atoms with Crippen molar-refractivity contribution in [2.75, 3.05) is 13.2 Å². The Labute approximate surface area is 117 Å². The van der Waals surface area contributed by atoms with E-state index in [2.05, 4.69) is 0 Å². The van der Waals surface area contributed by atoms with E-state index in [-0.39, 0.29) is 30.8 Å². The summed E-state index contributed by atoms with van der Waals surface area (Å²) in [5, 5.41) is 8.53. The van der Waals surface area contributed by atoms with Crippen LogP contribution in [0.15, 0.2) is 30.3 Å². The number of carboxylic acid groups (broad SMARTS) is 1. The summed E-state index contributed by atoms with van der Waals surface area (Å²) in [5.41, 5.74) is 0.961. The summed E-state index contributed by atoms with van der Waals surface area (Å²) in [6.07, 6.45) is -0.0931. The highest BCUT2D eigenvalue weighted by atomic mass is 16.7. The average Bonchev–Trinajstić information content (AvgIpc) is 2.47. The number of carbonyl (C=O) groups is 2. The Morgan fingerprint density at radius 3 is 2.35 bits per heavy atom.